The van der Waals surface area contributed by atoms with E-state index in [2.05, 4.69) is 0 Å². The van der Waals surface area contributed by atoms with Crippen molar-refractivity contribution >= 4 is 0 Å². The highest BCUT2D eigenvalue weighted by Crippen LogP contribution is 2.49. The van der Waals surface area contributed by atoms with Crippen molar-refractivity contribution in [1.82, 2.24) is 0 Å². The summed E-state index contributed by atoms with van der Waals surface area (Å²) in [5, 5.41) is 50.1. The summed E-state index contributed by atoms with van der Waals surface area (Å²) >= 11 is 0. The number of halogens is 1. The van der Waals surface area contributed by atoms with Gasteiger partial charge in [-0.2, -0.15) is 0 Å². The summed E-state index contributed by atoms with van der Waals surface area (Å²) in [5.41, 5.74) is -0.274. The molecule has 2 saturated heterocycles. The van der Waals surface area contributed by atoms with Gasteiger partial charge in [-0.05, 0) is 35.4 Å². The predicted molar refractivity (Wildman–Crippen MR) is 93.9 cm³/mol. The van der Waals surface area contributed by atoms with Crippen LogP contribution in [0.4, 0.5) is 4.39 Å². The van der Waals surface area contributed by atoms with Gasteiger partial charge < -0.3 is 35.0 Å². The second-order valence-electron chi connectivity index (χ2n) is 7.31. The summed E-state index contributed by atoms with van der Waals surface area (Å²) < 4.78 is 25.8. The van der Waals surface area contributed by atoms with Gasteiger partial charge in [-0.1, -0.05) is 18.2 Å². The van der Waals surface area contributed by atoms with Gasteiger partial charge in [0, 0.05) is 12.0 Å². The van der Waals surface area contributed by atoms with Crippen molar-refractivity contribution in [2.24, 2.45) is 0 Å². The number of aliphatic hydroxyl groups excluding tert-OH is 4. The summed E-state index contributed by atoms with van der Waals surface area (Å²) in [6, 6.07) is 10.4. The number of aromatic hydroxyl groups is 1. The van der Waals surface area contributed by atoms with Gasteiger partial charge in [0.15, 0.2) is 0 Å². The molecule has 0 amide bonds. The molecule has 2 bridgehead atoms. The van der Waals surface area contributed by atoms with Gasteiger partial charge in [0.1, 0.15) is 35.5 Å². The fraction of sp³-hybridized carbons (Fsp3) is 0.400. The lowest BCUT2D eigenvalue weighted by Gasteiger charge is -2.45. The van der Waals surface area contributed by atoms with E-state index in [4.69, 9.17) is 9.47 Å². The van der Waals surface area contributed by atoms with E-state index in [0.717, 1.165) is 5.56 Å². The average Bonchev–Trinajstić information content (AvgIpc) is 3.08. The minimum absolute atomic E-state index is 0.0998. The second-order valence-corrected chi connectivity index (χ2v) is 7.31. The normalized spacial score (nSPS) is 34.5. The molecule has 4 rings (SSSR count). The van der Waals surface area contributed by atoms with Crippen LogP contribution in [0.25, 0.3) is 0 Å². The van der Waals surface area contributed by atoms with Gasteiger partial charge >= 0.3 is 0 Å². The number of hydrogen-bond donors (Lipinski definition) is 5. The molecule has 7 nitrogen and oxygen atoms in total. The molecule has 150 valence electrons. The van der Waals surface area contributed by atoms with E-state index in [-0.39, 0.29) is 24.3 Å². The zero-order valence-electron chi connectivity index (χ0n) is 14.8. The molecular weight excluding hydrogens is 371 g/mol. The number of hydrogen-bond acceptors (Lipinski definition) is 7. The Balaban J connectivity index is 1.72. The lowest BCUT2D eigenvalue weighted by Crippen LogP contribution is -2.65. The monoisotopic (exact) mass is 392 g/mol. The first-order valence-corrected chi connectivity index (χ1v) is 8.87. The fourth-order valence-electron chi connectivity index (χ4n) is 3.84. The highest BCUT2D eigenvalue weighted by atomic mass is 19.1. The predicted octanol–water partition coefficient (Wildman–Crippen LogP) is 0.149. The summed E-state index contributed by atoms with van der Waals surface area (Å²) in [6.45, 7) is -0.870. The third-order valence-electron chi connectivity index (χ3n) is 5.51. The van der Waals surface area contributed by atoms with Gasteiger partial charge in [-0.3, -0.25) is 0 Å². The Hall–Kier alpha value is -2.07. The van der Waals surface area contributed by atoms with Crippen molar-refractivity contribution in [1.29, 1.82) is 0 Å². The minimum atomic E-state index is -1.83. The SMILES string of the molecule is OC[C@@]12CO[C@@](c3ccc(F)c(Cc4ccc(O)cc4)c3)(O1)[C@H](O)[C@@H](O)[C@@H]2O. The van der Waals surface area contributed by atoms with Crippen molar-refractivity contribution in [3.05, 3.63) is 65.0 Å². The number of benzene rings is 2. The van der Waals surface area contributed by atoms with E-state index in [1.807, 2.05) is 0 Å². The van der Waals surface area contributed by atoms with Crippen LogP contribution in [0.3, 0.4) is 0 Å². The molecule has 5 N–H and O–H groups in total. The molecule has 0 unspecified atom stereocenters. The molecular formula is C20H21FO7. The zero-order chi connectivity index (χ0) is 20.1. The fourth-order valence-corrected chi connectivity index (χ4v) is 3.84. The van der Waals surface area contributed by atoms with Crippen LogP contribution in [0.1, 0.15) is 16.7 Å². The quantitative estimate of drug-likeness (QED) is 0.502. The second kappa shape index (κ2) is 6.77. The van der Waals surface area contributed by atoms with E-state index < -0.39 is 42.1 Å². The zero-order valence-corrected chi connectivity index (χ0v) is 14.8. The summed E-state index contributed by atoms with van der Waals surface area (Å²) in [6.07, 6.45) is -4.59. The molecule has 2 aromatic rings. The molecule has 0 aliphatic carbocycles. The summed E-state index contributed by atoms with van der Waals surface area (Å²) in [7, 11) is 0. The van der Waals surface area contributed by atoms with Gasteiger partial charge in [0.05, 0.1) is 13.2 Å². The first kappa shape index (κ1) is 19.3. The summed E-state index contributed by atoms with van der Waals surface area (Å²) in [4.78, 5) is 0. The Morgan fingerprint density at radius 1 is 1.04 bits per heavy atom. The van der Waals surface area contributed by atoms with Crippen LogP contribution in [0.15, 0.2) is 42.5 Å². The molecule has 8 heteroatoms. The van der Waals surface area contributed by atoms with E-state index in [1.165, 1.54) is 30.3 Å². The lowest BCUT2D eigenvalue weighted by molar-refractivity contribution is -0.329. The number of phenolic OH excluding ortho intramolecular Hbond substituents is 1. The maximum absolute atomic E-state index is 14.4. The summed E-state index contributed by atoms with van der Waals surface area (Å²) in [5.74, 6) is -2.22. The average molecular weight is 392 g/mol. The number of phenols is 1. The highest BCUT2D eigenvalue weighted by Gasteiger charge is 2.67. The minimum Gasteiger partial charge on any atom is -0.508 e. The van der Waals surface area contributed by atoms with Crippen LogP contribution in [0.5, 0.6) is 5.75 Å². The van der Waals surface area contributed by atoms with Crippen molar-refractivity contribution < 1.29 is 39.4 Å². The van der Waals surface area contributed by atoms with Crippen molar-refractivity contribution in [2.75, 3.05) is 13.2 Å². The van der Waals surface area contributed by atoms with Gasteiger partial charge in [0.2, 0.25) is 5.79 Å². The van der Waals surface area contributed by atoms with Crippen LogP contribution in [-0.4, -0.2) is 62.7 Å². The molecule has 28 heavy (non-hydrogen) atoms. The standard InChI is InChI=1S/C20H21FO7/c21-15-6-3-13(8-12(15)7-11-1-4-14(23)5-2-11)20-18(26)16(24)17(25)19(9-22,28-20)10-27-20/h1-6,8,16-18,22-26H,7,9-10H2/t16-,17-,18+,19-,20-/m0/s1. The molecule has 0 radical (unpaired) electrons. The molecule has 2 aromatic carbocycles. The first-order valence-electron chi connectivity index (χ1n) is 8.87. The van der Waals surface area contributed by atoms with Crippen LogP contribution >= 0.6 is 0 Å². The Labute approximate surface area is 160 Å². The smallest absolute Gasteiger partial charge is 0.225 e. The van der Waals surface area contributed by atoms with Crippen LogP contribution in [-0.2, 0) is 21.7 Å². The molecule has 2 fully saturated rings. The molecule has 2 heterocycles. The maximum atomic E-state index is 14.4. The highest BCUT2D eigenvalue weighted by molar-refractivity contribution is 5.36. The largest absolute Gasteiger partial charge is 0.508 e. The van der Waals surface area contributed by atoms with E-state index in [9.17, 15) is 29.9 Å². The lowest BCUT2D eigenvalue weighted by atomic mass is 9.83. The Morgan fingerprint density at radius 2 is 1.75 bits per heavy atom. The molecule has 0 spiro atoms. The van der Waals surface area contributed by atoms with Crippen molar-refractivity contribution in [2.45, 2.75) is 36.1 Å². The number of rotatable bonds is 4. The van der Waals surface area contributed by atoms with E-state index in [0.29, 0.717) is 5.56 Å². The molecule has 2 aliphatic heterocycles. The van der Waals surface area contributed by atoms with Crippen molar-refractivity contribution in [3.8, 4) is 5.75 Å². The number of fused-ring (bicyclic) bond motifs is 2. The maximum Gasteiger partial charge on any atom is 0.225 e. The van der Waals surface area contributed by atoms with Crippen molar-refractivity contribution in [3.63, 3.8) is 0 Å². The van der Waals surface area contributed by atoms with Gasteiger partial charge in [0.25, 0.3) is 0 Å². The Bertz CT molecular complexity index is 873. The van der Waals surface area contributed by atoms with Gasteiger partial charge in [-0.15, -0.1) is 0 Å². The number of ether oxygens (including phenoxy) is 2. The Morgan fingerprint density at radius 3 is 2.43 bits per heavy atom. The van der Waals surface area contributed by atoms with E-state index in [1.54, 1.807) is 12.1 Å². The molecule has 0 aromatic heterocycles. The third-order valence-corrected chi connectivity index (χ3v) is 5.51. The van der Waals surface area contributed by atoms with Gasteiger partial charge in [-0.25, -0.2) is 4.39 Å². The van der Waals surface area contributed by atoms with Crippen LogP contribution in [0, 0.1) is 5.82 Å². The molecule has 2 aliphatic rings. The number of aliphatic hydroxyl groups is 4. The third kappa shape index (κ3) is 2.81. The topological polar surface area (TPSA) is 120 Å². The van der Waals surface area contributed by atoms with Crippen LogP contribution < -0.4 is 0 Å². The molecule has 5 atom stereocenters. The van der Waals surface area contributed by atoms with E-state index >= 15 is 0 Å². The first-order chi connectivity index (χ1) is 13.3. The molecule has 0 saturated carbocycles. The van der Waals surface area contributed by atoms with Crippen LogP contribution in [0.2, 0.25) is 0 Å². The Kier molecular flexibility index (Phi) is 4.65.